The van der Waals surface area contributed by atoms with E-state index in [1.807, 2.05) is 24.3 Å². The fourth-order valence-corrected chi connectivity index (χ4v) is 9.49. The molecule has 2 N–H and O–H groups in total. The molecule has 0 aliphatic carbocycles. The first kappa shape index (κ1) is 34.2. The molecule has 3 fully saturated rings. The summed E-state index contributed by atoms with van der Waals surface area (Å²) in [6, 6.07) is 16.7. The van der Waals surface area contributed by atoms with Gasteiger partial charge in [-0.3, -0.25) is 19.3 Å². The summed E-state index contributed by atoms with van der Waals surface area (Å²) in [5.74, 6) is -1.63. The number of anilines is 3. The van der Waals surface area contributed by atoms with Gasteiger partial charge in [0.25, 0.3) is 11.8 Å². The summed E-state index contributed by atoms with van der Waals surface area (Å²) in [6.07, 6.45) is 1.34. The van der Waals surface area contributed by atoms with Crippen LogP contribution in [0.3, 0.4) is 0 Å². The number of amides is 3. The maximum Gasteiger partial charge on any atom is 0.255 e. The van der Waals surface area contributed by atoms with Crippen LogP contribution >= 0.6 is 0 Å². The molecule has 0 saturated carbocycles. The summed E-state index contributed by atoms with van der Waals surface area (Å²) in [5.41, 5.74) is 8.64. The number of nitrogens with zero attached hydrogens (tertiary/aromatic N) is 4. The summed E-state index contributed by atoms with van der Waals surface area (Å²) in [5, 5.41) is 0. The number of fused-ring (bicyclic) bond motifs is 2. The van der Waals surface area contributed by atoms with Crippen LogP contribution in [0.25, 0.3) is 0 Å². The molecule has 11 nitrogen and oxygen atoms in total. The second kappa shape index (κ2) is 12.8. The van der Waals surface area contributed by atoms with Crippen LogP contribution < -0.4 is 15.5 Å². The Morgan fingerprint density at radius 1 is 0.900 bits per heavy atom. The third kappa shape index (κ3) is 6.17. The first-order valence-corrected chi connectivity index (χ1v) is 22.2. The summed E-state index contributed by atoms with van der Waals surface area (Å²) in [6.45, 7) is 8.87. The van der Waals surface area contributed by atoms with E-state index in [4.69, 9.17) is 10.5 Å². The average molecular weight is 720 g/mol. The van der Waals surface area contributed by atoms with Gasteiger partial charge in [0.05, 0.1) is 27.6 Å². The third-order valence-corrected chi connectivity index (χ3v) is 13.8. The van der Waals surface area contributed by atoms with Crippen LogP contribution in [0.15, 0.2) is 70.5 Å². The number of piperidine rings is 1. The Morgan fingerprint density at radius 2 is 1.66 bits per heavy atom. The summed E-state index contributed by atoms with van der Waals surface area (Å²) in [7, 11) is -5.27. The van der Waals surface area contributed by atoms with Gasteiger partial charge in [0.15, 0.2) is 0 Å². The van der Waals surface area contributed by atoms with Gasteiger partial charge in [-0.25, -0.2) is 12.8 Å². The Balaban J connectivity index is 1.01. The molecule has 3 aromatic carbocycles. The van der Waals surface area contributed by atoms with E-state index < -0.39 is 29.8 Å². The van der Waals surface area contributed by atoms with Gasteiger partial charge in [0, 0.05) is 57.7 Å². The molecule has 7 rings (SSSR count). The van der Waals surface area contributed by atoms with Crippen LogP contribution in [0.4, 0.5) is 21.5 Å². The molecule has 0 bridgehead atoms. The molecule has 3 atom stereocenters. The SMILES string of the molecule is C[Si](C)(C)CCOCN1C(=O)CC[C@@H](N2Cc3cc(N4CC5C4CCN5c4cccc(S(=O)(=O)c5ccc(N)c(F)c5)c4)ccc3C2=O)C1=O. The standard InChI is InChI=1S/C36H42FN5O6SSi/c1-50(2,3)16-15-48-22-42-34(43)12-11-32(36(42)45)41-20-23-17-25(7-9-28(23)35(41)44)40-21-33-31(40)13-14-39(33)24-5-4-6-26(18-24)49(46,47)27-8-10-30(38)29(37)19-27/h4-10,17-19,31-33H,11-16,20-22,38H2,1-3H3/t31?,32-,33?/m1/s1. The zero-order chi connectivity index (χ0) is 35.5. The van der Waals surface area contributed by atoms with Gasteiger partial charge in [-0.2, -0.15) is 0 Å². The van der Waals surface area contributed by atoms with Crippen molar-refractivity contribution in [2.45, 2.75) is 79.4 Å². The minimum atomic E-state index is -3.95. The number of hydrogen-bond donors (Lipinski definition) is 1. The quantitative estimate of drug-likeness (QED) is 0.139. The van der Waals surface area contributed by atoms with Crippen molar-refractivity contribution in [3.63, 3.8) is 0 Å². The summed E-state index contributed by atoms with van der Waals surface area (Å²) >= 11 is 0. The predicted molar refractivity (Wildman–Crippen MR) is 190 cm³/mol. The number of likely N-dealkylation sites (tertiary alicyclic amines) is 1. The molecule has 3 amide bonds. The highest BCUT2D eigenvalue weighted by Crippen LogP contribution is 2.41. The number of hydrogen-bond acceptors (Lipinski definition) is 9. The van der Waals surface area contributed by atoms with Gasteiger partial charge in [-0.05, 0) is 79.0 Å². The number of ether oxygens (including phenoxy) is 1. The maximum absolute atomic E-state index is 14.1. The lowest BCUT2D eigenvalue weighted by molar-refractivity contribution is -0.158. The Morgan fingerprint density at radius 3 is 2.42 bits per heavy atom. The van der Waals surface area contributed by atoms with E-state index >= 15 is 0 Å². The molecule has 14 heteroatoms. The van der Waals surface area contributed by atoms with Gasteiger partial charge in [-0.15, -0.1) is 0 Å². The highest BCUT2D eigenvalue weighted by molar-refractivity contribution is 7.91. The first-order valence-electron chi connectivity index (χ1n) is 17.0. The predicted octanol–water partition coefficient (Wildman–Crippen LogP) is 4.49. The van der Waals surface area contributed by atoms with Crippen molar-refractivity contribution >= 4 is 52.7 Å². The number of carbonyl (C=O) groups excluding carboxylic acids is 3. The largest absolute Gasteiger partial charge is 0.396 e. The number of carbonyl (C=O) groups is 3. The van der Waals surface area contributed by atoms with Gasteiger partial charge < -0.3 is 25.2 Å². The number of sulfone groups is 1. The fourth-order valence-electron chi connectivity index (χ4n) is 7.42. The topological polar surface area (TPSA) is 134 Å². The van der Waals surface area contributed by atoms with E-state index in [2.05, 4.69) is 29.4 Å². The van der Waals surface area contributed by atoms with E-state index in [-0.39, 0.29) is 58.4 Å². The van der Waals surface area contributed by atoms with Crippen molar-refractivity contribution in [2.24, 2.45) is 0 Å². The molecular formula is C36H42FN5O6SSi. The molecular weight excluding hydrogens is 678 g/mol. The molecule has 4 aliphatic rings. The van der Waals surface area contributed by atoms with Crippen LogP contribution in [-0.2, 0) is 30.7 Å². The lowest BCUT2D eigenvalue weighted by Gasteiger charge is -2.49. The fraction of sp³-hybridized carbons (Fsp3) is 0.417. The van der Waals surface area contributed by atoms with Gasteiger partial charge >= 0.3 is 0 Å². The Kier molecular flexibility index (Phi) is 8.75. The van der Waals surface area contributed by atoms with Crippen molar-refractivity contribution in [2.75, 3.05) is 42.0 Å². The normalized spacial score (nSPS) is 22.2. The third-order valence-electron chi connectivity index (χ3n) is 10.4. The van der Waals surface area contributed by atoms with E-state index in [1.54, 1.807) is 17.0 Å². The van der Waals surface area contributed by atoms with E-state index in [0.717, 1.165) is 53.5 Å². The monoisotopic (exact) mass is 719 g/mol. The highest BCUT2D eigenvalue weighted by Gasteiger charge is 2.48. The van der Waals surface area contributed by atoms with Crippen LogP contribution in [-0.4, -0.2) is 88.6 Å². The zero-order valence-corrected chi connectivity index (χ0v) is 30.3. The lowest BCUT2D eigenvalue weighted by Crippen LogP contribution is -2.62. The molecule has 3 aromatic rings. The van der Waals surface area contributed by atoms with E-state index in [0.29, 0.717) is 25.1 Å². The van der Waals surface area contributed by atoms with Crippen molar-refractivity contribution in [3.8, 4) is 0 Å². The molecule has 3 saturated heterocycles. The number of benzene rings is 3. The number of halogens is 1. The molecule has 0 radical (unpaired) electrons. The van der Waals surface area contributed by atoms with Crippen LogP contribution in [0.1, 0.15) is 35.2 Å². The second-order valence-electron chi connectivity index (χ2n) is 14.8. The lowest BCUT2D eigenvalue weighted by atomic mass is 9.95. The Hall–Kier alpha value is -4.27. The highest BCUT2D eigenvalue weighted by atomic mass is 32.2. The van der Waals surface area contributed by atoms with Crippen molar-refractivity contribution in [1.29, 1.82) is 0 Å². The summed E-state index contributed by atoms with van der Waals surface area (Å²) < 4.78 is 46.5. The molecule has 264 valence electrons. The van der Waals surface area contributed by atoms with Crippen molar-refractivity contribution in [1.82, 2.24) is 9.80 Å². The van der Waals surface area contributed by atoms with Gasteiger partial charge in [0.1, 0.15) is 18.6 Å². The minimum Gasteiger partial charge on any atom is -0.396 e. The van der Waals surface area contributed by atoms with Crippen LogP contribution in [0.5, 0.6) is 0 Å². The van der Waals surface area contributed by atoms with Crippen molar-refractivity contribution < 1.29 is 31.9 Å². The molecule has 4 aliphatic heterocycles. The maximum atomic E-state index is 14.1. The number of imide groups is 1. The van der Waals surface area contributed by atoms with E-state index in [1.165, 1.54) is 18.2 Å². The smallest absolute Gasteiger partial charge is 0.255 e. The molecule has 4 heterocycles. The van der Waals surface area contributed by atoms with Crippen molar-refractivity contribution in [3.05, 3.63) is 77.6 Å². The molecule has 0 spiro atoms. The summed E-state index contributed by atoms with van der Waals surface area (Å²) in [4.78, 5) is 46.8. The number of nitrogens with two attached hydrogens (primary N) is 1. The van der Waals surface area contributed by atoms with E-state index in [9.17, 15) is 27.2 Å². The van der Waals surface area contributed by atoms with Crippen LogP contribution in [0.2, 0.25) is 25.7 Å². The number of rotatable bonds is 10. The Bertz CT molecular complexity index is 1990. The molecule has 2 unspecified atom stereocenters. The molecule has 50 heavy (non-hydrogen) atoms. The molecule has 0 aromatic heterocycles. The minimum absolute atomic E-state index is 0.0881. The van der Waals surface area contributed by atoms with Gasteiger partial charge in [-0.1, -0.05) is 25.7 Å². The second-order valence-corrected chi connectivity index (χ2v) is 22.4. The number of nitrogen functional groups attached to an aromatic ring is 1. The Labute approximate surface area is 292 Å². The van der Waals surface area contributed by atoms with Crippen LogP contribution in [0, 0.1) is 5.82 Å². The zero-order valence-electron chi connectivity index (χ0n) is 28.5. The van der Waals surface area contributed by atoms with Gasteiger partial charge in [0.2, 0.25) is 15.7 Å². The first-order chi connectivity index (χ1) is 23.7. The average Bonchev–Trinajstić information content (AvgIpc) is 3.56.